The van der Waals surface area contributed by atoms with Crippen molar-refractivity contribution in [3.05, 3.63) is 12.3 Å². The average Bonchev–Trinajstić information content (AvgIpc) is 1.90. The van der Waals surface area contributed by atoms with Crippen LogP contribution in [0.3, 0.4) is 0 Å². The van der Waals surface area contributed by atoms with Gasteiger partial charge in [-0.3, -0.25) is 0 Å². The van der Waals surface area contributed by atoms with Crippen LogP contribution < -0.4 is 34.7 Å². The van der Waals surface area contributed by atoms with E-state index in [1.165, 1.54) is 0 Å². The van der Waals surface area contributed by atoms with Crippen LogP contribution in [0.1, 0.15) is 12.8 Å². The van der Waals surface area contributed by atoms with Gasteiger partial charge in [-0.15, -0.1) is 6.61 Å². The summed E-state index contributed by atoms with van der Waals surface area (Å²) in [5.41, 5.74) is 0. The zero-order valence-corrected chi connectivity index (χ0v) is 7.67. The molecule has 0 spiro atoms. The van der Waals surface area contributed by atoms with Gasteiger partial charge in [-0.05, 0) is 18.9 Å². The molecule has 0 amide bonds. The minimum atomic E-state index is -0.107. The van der Waals surface area contributed by atoms with E-state index < -0.39 is 0 Å². The second-order valence-corrected chi connectivity index (χ2v) is 1.87. The van der Waals surface area contributed by atoms with E-state index in [1.807, 2.05) is 6.08 Å². The third-order valence-corrected chi connectivity index (χ3v) is 1.21. The Bertz CT molecular complexity index is 93.1. The van der Waals surface area contributed by atoms with E-state index in [0.717, 1.165) is 12.8 Å². The molecule has 0 fully saturated rings. The van der Waals surface area contributed by atoms with E-state index in [1.54, 1.807) is 6.26 Å². The van der Waals surface area contributed by atoms with E-state index in [-0.39, 0.29) is 42.3 Å². The minimum absolute atomic E-state index is 0. The van der Waals surface area contributed by atoms with Gasteiger partial charge < -0.3 is 9.84 Å². The van der Waals surface area contributed by atoms with Crippen LogP contribution in [0, 0.1) is 0 Å². The van der Waals surface area contributed by atoms with Gasteiger partial charge in [0, 0.05) is 0 Å². The van der Waals surface area contributed by atoms with Gasteiger partial charge in [0.1, 0.15) is 0 Å². The minimum Gasteiger partial charge on any atom is -0.852 e. The molecule has 0 bridgehead atoms. The van der Waals surface area contributed by atoms with Gasteiger partial charge in [-0.2, -0.15) is 0 Å². The Morgan fingerprint density at radius 1 is 1.67 bits per heavy atom. The Hall–Kier alpha value is 0.500. The Labute approximate surface area is 77.2 Å². The predicted molar refractivity (Wildman–Crippen MR) is 28.1 cm³/mol. The molecule has 46 valence electrons. The van der Waals surface area contributed by atoms with Gasteiger partial charge in [0.2, 0.25) is 0 Å². The Morgan fingerprint density at radius 3 is 2.78 bits per heavy atom. The zero-order chi connectivity index (χ0) is 5.82. The Balaban J connectivity index is 0.000000640. The van der Waals surface area contributed by atoms with E-state index in [2.05, 4.69) is 0 Å². The summed E-state index contributed by atoms with van der Waals surface area (Å²) in [4.78, 5) is 0. The number of allylic oxidation sites excluding steroid dienone is 1. The van der Waals surface area contributed by atoms with Crippen molar-refractivity contribution in [1.29, 1.82) is 0 Å². The first-order chi connectivity index (χ1) is 3.93. The fourth-order valence-electron chi connectivity index (χ4n) is 0.707. The standard InChI is InChI=1S/C6H9O2.Na/c7-5-6-3-1-2-4-8-6;/h2,4,6H,1,3,5H2;/q-1;+1. The summed E-state index contributed by atoms with van der Waals surface area (Å²) in [6.45, 7) is -0.107. The Morgan fingerprint density at radius 2 is 2.44 bits per heavy atom. The summed E-state index contributed by atoms with van der Waals surface area (Å²) < 4.78 is 4.93. The van der Waals surface area contributed by atoms with Gasteiger partial charge in [-0.25, -0.2) is 0 Å². The molecule has 0 saturated carbocycles. The van der Waals surface area contributed by atoms with Crippen molar-refractivity contribution in [2.75, 3.05) is 6.61 Å². The van der Waals surface area contributed by atoms with Crippen molar-refractivity contribution in [2.45, 2.75) is 18.9 Å². The monoisotopic (exact) mass is 136 g/mol. The number of rotatable bonds is 1. The van der Waals surface area contributed by atoms with Crippen LogP contribution in [0.2, 0.25) is 0 Å². The van der Waals surface area contributed by atoms with Gasteiger partial charge in [0.25, 0.3) is 0 Å². The smallest absolute Gasteiger partial charge is 0.852 e. The van der Waals surface area contributed by atoms with Crippen molar-refractivity contribution in [3.63, 3.8) is 0 Å². The maximum Gasteiger partial charge on any atom is 1.00 e. The fraction of sp³-hybridized carbons (Fsp3) is 0.667. The normalized spacial score (nSPS) is 24.3. The third-order valence-electron chi connectivity index (χ3n) is 1.21. The molecule has 2 nitrogen and oxygen atoms in total. The van der Waals surface area contributed by atoms with Gasteiger partial charge in [0.15, 0.2) is 0 Å². The molecule has 9 heavy (non-hydrogen) atoms. The van der Waals surface area contributed by atoms with E-state index in [4.69, 9.17) is 4.74 Å². The van der Waals surface area contributed by atoms with Gasteiger partial charge in [-0.1, -0.05) is 0 Å². The molecule has 0 aliphatic carbocycles. The van der Waals surface area contributed by atoms with Crippen molar-refractivity contribution in [3.8, 4) is 0 Å². The number of hydrogen-bond acceptors (Lipinski definition) is 2. The molecule has 0 saturated heterocycles. The van der Waals surface area contributed by atoms with Crippen LogP contribution in [0.5, 0.6) is 0 Å². The summed E-state index contributed by atoms with van der Waals surface area (Å²) in [6, 6.07) is 0. The molecule has 1 aliphatic heterocycles. The van der Waals surface area contributed by atoms with Crippen LogP contribution in [0.4, 0.5) is 0 Å². The van der Waals surface area contributed by atoms with Crippen molar-refractivity contribution in [2.24, 2.45) is 0 Å². The summed E-state index contributed by atoms with van der Waals surface area (Å²) in [5, 5.41) is 10.1. The van der Waals surface area contributed by atoms with Gasteiger partial charge in [0.05, 0.1) is 12.4 Å². The number of hydrogen-bond donors (Lipinski definition) is 0. The first kappa shape index (κ1) is 9.50. The SMILES string of the molecule is [Na+].[O-]CC1CCC=CO1. The molecule has 1 rings (SSSR count). The Kier molecular flexibility index (Phi) is 5.59. The quantitative estimate of drug-likeness (QED) is 0.361. The van der Waals surface area contributed by atoms with Crippen molar-refractivity contribution < 1.29 is 39.4 Å². The van der Waals surface area contributed by atoms with Crippen LogP contribution in [-0.2, 0) is 4.74 Å². The largest absolute Gasteiger partial charge is 1.00 e. The van der Waals surface area contributed by atoms with Crippen LogP contribution in [-0.4, -0.2) is 12.7 Å². The van der Waals surface area contributed by atoms with Crippen LogP contribution in [0.15, 0.2) is 12.3 Å². The molecule has 1 aliphatic rings. The van der Waals surface area contributed by atoms with Gasteiger partial charge >= 0.3 is 29.6 Å². The summed E-state index contributed by atoms with van der Waals surface area (Å²) in [5.74, 6) is 0. The molecule has 0 aromatic rings. The molecule has 3 heteroatoms. The second-order valence-electron chi connectivity index (χ2n) is 1.87. The zero-order valence-electron chi connectivity index (χ0n) is 5.67. The first-order valence-corrected chi connectivity index (χ1v) is 2.82. The molecule has 0 aromatic heterocycles. The molecule has 0 N–H and O–H groups in total. The summed E-state index contributed by atoms with van der Waals surface area (Å²) in [6.07, 6.45) is 5.38. The van der Waals surface area contributed by atoms with Crippen molar-refractivity contribution in [1.82, 2.24) is 0 Å². The molecule has 1 atom stereocenters. The predicted octanol–water partition coefficient (Wildman–Crippen LogP) is -2.96. The van der Waals surface area contributed by atoms with E-state index in [9.17, 15) is 5.11 Å². The van der Waals surface area contributed by atoms with Crippen LogP contribution >= 0.6 is 0 Å². The van der Waals surface area contributed by atoms with Crippen molar-refractivity contribution >= 4 is 0 Å². The molecule has 0 aromatic carbocycles. The fourth-order valence-corrected chi connectivity index (χ4v) is 0.707. The molecule has 0 radical (unpaired) electrons. The topological polar surface area (TPSA) is 32.3 Å². The third kappa shape index (κ3) is 3.26. The maximum atomic E-state index is 10.1. The maximum absolute atomic E-state index is 10.1. The molecule has 1 unspecified atom stereocenters. The van der Waals surface area contributed by atoms with Crippen LogP contribution in [0.25, 0.3) is 0 Å². The summed E-state index contributed by atoms with van der Waals surface area (Å²) >= 11 is 0. The molecular formula is C6H9NaO2. The first-order valence-electron chi connectivity index (χ1n) is 2.82. The number of ether oxygens (including phenoxy) is 1. The van der Waals surface area contributed by atoms with E-state index >= 15 is 0 Å². The van der Waals surface area contributed by atoms with E-state index in [0.29, 0.717) is 0 Å². The second kappa shape index (κ2) is 5.30. The molecule has 1 heterocycles. The summed E-state index contributed by atoms with van der Waals surface area (Å²) in [7, 11) is 0. The average molecular weight is 136 g/mol. The molecular weight excluding hydrogens is 127 g/mol.